The molecule has 3 aromatic rings. The Balaban J connectivity index is 1.37. The second-order valence-electron chi connectivity index (χ2n) is 6.92. The highest BCUT2D eigenvalue weighted by Crippen LogP contribution is 2.31. The van der Waals surface area contributed by atoms with Gasteiger partial charge in [-0.25, -0.2) is 0 Å². The second-order valence-corrected chi connectivity index (χ2v) is 6.92. The van der Waals surface area contributed by atoms with Gasteiger partial charge < -0.3 is 15.0 Å². The lowest BCUT2D eigenvalue weighted by Gasteiger charge is -2.28. The summed E-state index contributed by atoms with van der Waals surface area (Å²) in [5.41, 5.74) is 1.02. The summed E-state index contributed by atoms with van der Waals surface area (Å²) in [6.45, 7) is 2.78. The van der Waals surface area contributed by atoms with Crippen molar-refractivity contribution in [1.82, 2.24) is 20.2 Å². The molecule has 0 spiro atoms. The molecule has 0 radical (unpaired) electrons. The molecule has 0 atom stereocenters. The van der Waals surface area contributed by atoms with Crippen molar-refractivity contribution in [2.24, 2.45) is 0 Å². The van der Waals surface area contributed by atoms with Crippen LogP contribution >= 0.6 is 0 Å². The van der Waals surface area contributed by atoms with Crippen LogP contribution in [-0.4, -0.2) is 52.4 Å². The van der Waals surface area contributed by atoms with Gasteiger partial charge in [0.1, 0.15) is 6.54 Å². The lowest BCUT2D eigenvalue weighted by molar-refractivity contribution is -0.137. The predicted molar refractivity (Wildman–Crippen MR) is 106 cm³/mol. The number of tetrazole rings is 1. The van der Waals surface area contributed by atoms with Gasteiger partial charge in [0, 0.05) is 30.0 Å². The summed E-state index contributed by atoms with van der Waals surface area (Å²) in [7, 11) is 0. The van der Waals surface area contributed by atoms with Crippen LogP contribution in [0.2, 0.25) is 0 Å². The average Bonchev–Trinajstić information content (AvgIpc) is 3.23. The molecule has 0 bridgehead atoms. The van der Waals surface area contributed by atoms with Crippen molar-refractivity contribution in [3.8, 4) is 11.4 Å². The van der Waals surface area contributed by atoms with E-state index in [1.807, 2.05) is 12.1 Å². The van der Waals surface area contributed by atoms with Gasteiger partial charge in [-0.15, -0.1) is 10.2 Å². The highest BCUT2D eigenvalue weighted by Gasteiger charge is 2.30. The Bertz CT molecular complexity index is 1050. The Morgan fingerprint density at radius 1 is 1.10 bits per heavy atom. The van der Waals surface area contributed by atoms with E-state index in [-0.39, 0.29) is 23.8 Å². The van der Waals surface area contributed by atoms with Gasteiger partial charge in [-0.2, -0.15) is 18.0 Å². The van der Waals surface area contributed by atoms with Gasteiger partial charge in [-0.1, -0.05) is 12.1 Å². The molecule has 4 rings (SSSR count). The first-order chi connectivity index (χ1) is 14.9. The summed E-state index contributed by atoms with van der Waals surface area (Å²) in [5.74, 6) is -0.374. The van der Waals surface area contributed by atoms with Gasteiger partial charge >= 0.3 is 6.18 Å². The molecule has 1 aliphatic rings. The maximum absolute atomic E-state index is 12.9. The molecule has 8 nitrogen and oxygen atoms in total. The molecule has 0 aliphatic carbocycles. The van der Waals surface area contributed by atoms with Crippen molar-refractivity contribution in [2.75, 3.05) is 36.5 Å². The average molecular weight is 432 g/mol. The third kappa shape index (κ3) is 5.18. The molecule has 2 heterocycles. The minimum absolute atomic E-state index is 0.00811. The first-order valence-electron chi connectivity index (χ1n) is 9.56. The van der Waals surface area contributed by atoms with E-state index in [4.69, 9.17) is 4.74 Å². The summed E-state index contributed by atoms with van der Waals surface area (Å²) in [4.78, 5) is 15.5. The molecule has 1 amide bonds. The molecule has 1 saturated heterocycles. The molecule has 1 fully saturated rings. The number of alkyl halides is 3. The quantitative estimate of drug-likeness (QED) is 0.668. The minimum Gasteiger partial charge on any atom is -0.378 e. The highest BCUT2D eigenvalue weighted by molar-refractivity contribution is 5.90. The van der Waals surface area contributed by atoms with Crippen molar-refractivity contribution < 1.29 is 22.7 Å². The van der Waals surface area contributed by atoms with Crippen molar-refractivity contribution >= 4 is 17.3 Å². The number of benzene rings is 2. The van der Waals surface area contributed by atoms with Gasteiger partial charge in [0.25, 0.3) is 0 Å². The second kappa shape index (κ2) is 8.72. The maximum Gasteiger partial charge on any atom is 0.416 e. The van der Waals surface area contributed by atoms with E-state index >= 15 is 0 Å². The molecule has 1 N–H and O–H groups in total. The zero-order valence-electron chi connectivity index (χ0n) is 16.3. The lowest BCUT2D eigenvalue weighted by atomic mass is 10.1. The molecule has 2 aromatic carbocycles. The van der Waals surface area contributed by atoms with E-state index < -0.39 is 11.7 Å². The molecule has 31 heavy (non-hydrogen) atoms. The van der Waals surface area contributed by atoms with Gasteiger partial charge in [-0.05, 0) is 41.6 Å². The number of amides is 1. The fourth-order valence-corrected chi connectivity index (χ4v) is 3.17. The van der Waals surface area contributed by atoms with Crippen LogP contribution in [0.3, 0.4) is 0 Å². The normalized spacial score (nSPS) is 14.5. The summed E-state index contributed by atoms with van der Waals surface area (Å²) in [6, 6.07) is 12.1. The van der Waals surface area contributed by atoms with E-state index in [2.05, 4.69) is 25.6 Å². The SMILES string of the molecule is O=C(Cn1nnc(-c2cccc(C(F)(F)F)c2)n1)Nc1ccc(N2CCOCC2)cc1. The van der Waals surface area contributed by atoms with E-state index in [9.17, 15) is 18.0 Å². The smallest absolute Gasteiger partial charge is 0.378 e. The number of rotatable bonds is 5. The fraction of sp³-hybridized carbons (Fsp3) is 0.300. The number of carbonyl (C=O) groups is 1. The number of anilines is 2. The Morgan fingerprint density at radius 2 is 1.84 bits per heavy atom. The minimum atomic E-state index is -4.47. The van der Waals surface area contributed by atoms with Crippen LogP contribution in [0, 0.1) is 0 Å². The zero-order chi connectivity index (χ0) is 21.8. The Kier molecular flexibility index (Phi) is 5.85. The molecule has 1 aliphatic heterocycles. The largest absolute Gasteiger partial charge is 0.416 e. The number of carbonyl (C=O) groups excluding carboxylic acids is 1. The first kappa shape index (κ1) is 20.8. The monoisotopic (exact) mass is 432 g/mol. The molecule has 1 aromatic heterocycles. The number of nitrogens with zero attached hydrogens (tertiary/aromatic N) is 5. The molecule has 0 unspecified atom stereocenters. The van der Waals surface area contributed by atoms with E-state index in [0.29, 0.717) is 18.9 Å². The third-order valence-corrected chi connectivity index (χ3v) is 4.71. The van der Waals surface area contributed by atoms with E-state index in [0.717, 1.165) is 35.7 Å². The number of nitrogens with one attached hydrogen (secondary N) is 1. The molecule has 162 valence electrons. The van der Waals surface area contributed by atoms with Crippen LogP contribution < -0.4 is 10.2 Å². The Morgan fingerprint density at radius 3 is 2.55 bits per heavy atom. The summed E-state index contributed by atoms with van der Waals surface area (Å²) < 4.78 is 44.0. The third-order valence-electron chi connectivity index (χ3n) is 4.71. The standard InChI is InChI=1S/C20H19F3N6O2/c21-20(22,23)15-3-1-2-14(12-15)19-25-27-29(26-19)13-18(30)24-16-4-6-17(7-5-16)28-8-10-31-11-9-28/h1-7,12H,8-11,13H2,(H,24,30). The number of ether oxygens (including phenoxy) is 1. The number of halogens is 3. The number of aromatic nitrogens is 4. The van der Waals surface area contributed by atoms with Crippen molar-refractivity contribution in [2.45, 2.75) is 12.7 Å². The van der Waals surface area contributed by atoms with Gasteiger partial charge in [0.05, 0.1) is 18.8 Å². The van der Waals surface area contributed by atoms with E-state index in [1.54, 1.807) is 12.1 Å². The van der Waals surface area contributed by atoms with E-state index in [1.165, 1.54) is 12.1 Å². The lowest BCUT2D eigenvalue weighted by Crippen LogP contribution is -2.36. The van der Waals surface area contributed by atoms with Gasteiger partial charge in [0.2, 0.25) is 11.7 Å². The Labute approximate surface area is 175 Å². The van der Waals surface area contributed by atoms with Gasteiger partial charge in [-0.3, -0.25) is 4.79 Å². The van der Waals surface area contributed by atoms with Gasteiger partial charge in [0.15, 0.2) is 0 Å². The molecule has 0 saturated carbocycles. The van der Waals surface area contributed by atoms with Crippen LogP contribution in [0.5, 0.6) is 0 Å². The summed E-state index contributed by atoms with van der Waals surface area (Å²) >= 11 is 0. The van der Waals surface area contributed by atoms with Crippen LogP contribution in [0.15, 0.2) is 48.5 Å². The van der Waals surface area contributed by atoms with Crippen LogP contribution in [0.1, 0.15) is 5.56 Å². The zero-order valence-corrected chi connectivity index (χ0v) is 16.3. The number of hydrogen-bond donors (Lipinski definition) is 1. The summed E-state index contributed by atoms with van der Waals surface area (Å²) in [6.07, 6.45) is -4.47. The first-order valence-corrected chi connectivity index (χ1v) is 9.56. The van der Waals surface area contributed by atoms with Crippen molar-refractivity contribution in [1.29, 1.82) is 0 Å². The predicted octanol–water partition coefficient (Wildman–Crippen LogP) is 2.83. The van der Waals surface area contributed by atoms with Crippen molar-refractivity contribution in [3.05, 3.63) is 54.1 Å². The molecule has 11 heteroatoms. The fourth-order valence-electron chi connectivity index (χ4n) is 3.17. The number of hydrogen-bond acceptors (Lipinski definition) is 6. The maximum atomic E-state index is 12.9. The Hall–Kier alpha value is -3.47. The van der Waals surface area contributed by atoms with Crippen molar-refractivity contribution in [3.63, 3.8) is 0 Å². The molecular formula is C20H19F3N6O2. The molecular weight excluding hydrogens is 413 g/mol. The van der Waals surface area contributed by atoms with Crippen LogP contribution in [0.4, 0.5) is 24.5 Å². The highest BCUT2D eigenvalue weighted by atomic mass is 19.4. The summed E-state index contributed by atoms with van der Waals surface area (Å²) in [5, 5.41) is 14.3. The van der Waals surface area contributed by atoms with Crippen LogP contribution in [-0.2, 0) is 22.3 Å². The number of morpholine rings is 1. The van der Waals surface area contributed by atoms with Crippen LogP contribution in [0.25, 0.3) is 11.4 Å². The topological polar surface area (TPSA) is 85.2 Å².